The van der Waals surface area contributed by atoms with Crippen LogP contribution in [-0.2, 0) is 4.79 Å². The fourth-order valence-electron chi connectivity index (χ4n) is 1.68. The fraction of sp³-hybridized carbons (Fsp3) is 0.125. The van der Waals surface area contributed by atoms with Gasteiger partial charge in [-0.3, -0.25) is 10.1 Å². The Labute approximate surface area is 133 Å². The van der Waals surface area contributed by atoms with Crippen molar-refractivity contribution in [2.45, 2.75) is 13.8 Å². The molecule has 0 fully saturated rings. The lowest BCUT2D eigenvalue weighted by Gasteiger charge is -2.09. The van der Waals surface area contributed by atoms with Crippen LogP contribution in [0.1, 0.15) is 16.0 Å². The molecule has 0 bridgehead atoms. The van der Waals surface area contributed by atoms with Gasteiger partial charge in [0.25, 0.3) is 0 Å². The summed E-state index contributed by atoms with van der Waals surface area (Å²) in [5.74, 6) is -0.246. The Morgan fingerprint density at radius 3 is 2.71 bits per heavy atom. The van der Waals surface area contributed by atoms with Crippen molar-refractivity contribution in [3.05, 3.63) is 57.8 Å². The van der Waals surface area contributed by atoms with E-state index >= 15 is 0 Å². The quantitative estimate of drug-likeness (QED) is 0.667. The Morgan fingerprint density at radius 2 is 2.05 bits per heavy atom. The van der Waals surface area contributed by atoms with Crippen LogP contribution in [0, 0.1) is 13.8 Å². The van der Waals surface area contributed by atoms with E-state index in [4.69, 9.17) is 12.2 Å². The van der Waals surface area contributed by atoms with Crippen LogP contribution in [0.2, 0.25) is 0 Å². The van der Waals surface area contributed by atoms with E-state index in [9.17, 15) is 4.79 Å². The van der Waals surface area contributed by atoms with Gasteiger partial charge in [-0.25, -0.2) is 0 Å². The molecule has 21 heavy (non-hydrogen) atoms. The number of carbonyl (C=O) groups is 1. The van der Waals surface area contributed by atoms with Crippen molar-refractivity contribution >= 4 is 46.3 Å². The minimum atomic E-state index is -0.246. The van der Waals surface area contributed by atoms with Crippen molar-refractivity contribution in [3.63, 3.8) is 0 Å². The van der Waals surface area contributed by atoms with Gasteiger partial charge in [-0.1, -0.05) is 12.1 Å². The minimum absolute atomic E-state index is 0.246. The second-order valence-electron chi connectivity index (χ2n) is 4.59. The number of rotatable bonds is 3. The van der Waals surface area contributed by atoms with E-state index in [1.807, 2.05) is 42.6 Å². The molecule has 108 valence electrons. The molecule has 1 heterocycles. The van der Waals surface area contributed by atoms with Crippen molar-refractivity contribution in [3.8, 4) is 0 Å². The van der Waals surface area contributed by atoms with Gasteiger partial charge in [0.15, 0.2) is 5.11 Å². The van der Waals surface area contributed by atoms with Crippen molar-refractivity contribution in [1.82, 2.24) is 5.32 Å². The standard InChI is InChI=1S/C16H16N2OS2/c1-11-5-6-13(10-12(11)2)17-16(20)18-15(19)8-7-14-4-3-9-21-14/h3-10H,1-2H3,(H2,17,18,19,20)/b8-7+. The largest absolute Gasteiger partial charge is 0.332 e. The summed E-state index contributed by atoms with van der Waals surface area (Å²) in [5, 5.41) is 7.88. The van der Waals surface area contributed by atoms with Crippen LogP contribution >= 0.6 is 23.6 Å². The van der Waals surface area contributed by atoms with Gasteiger partial charge in [-0.15, -0.1) is 11.3 Å². The molecule has 2 N–H and O–H groups in total. The van der Waals surface area contributed by atoms with Gasteiger partial charge in [-0.05, 0) is 66.8 Å². The third-order valence-electron chi connectivity index (χ3n) is 2.94. The van der Waals surface area contributed by atoms with Crippen LogP contribution in [0.5, 0.6) is 0 Å². The summed E-state index contributed by atoms with van der Waals surface area (Å²) in [6.45, 7) is 4.08. The summed E-state index contributed by atoms with van der Waals surface area (Å²) in [6.07, 6.45) is 3.23. The summed E-state index contributed by atoms with van der Waals surface area (Å²) in [7, 11) is 0. The third-order valence-corrected chi connectivity index (χ3v) is 3.99. The molecule has 0 atom stereocenters. The maximum Gasteiger partial charge on any atom is 0.250 e. The molecule has 3 nitrogen and oxygen atoms in total. The molecule has 1 aromatic carbocycles. The molecule has 0 unspecified atom stereocenters. The van der Waals surface area contributed by atoms with E-state index in [-0.39, 0.29) is 5.91 Å². The molecule has 0 aliphatic heterocycles. The zero-order valence-electron chi connectivity index (χ0n) is 11.8. The lowest BCUT2D eigenvalue weighted by atomic mass is 10.1. The van der Waals surface area contributed by atoms with E-state index < -0.39 is 0 Å². The molecule has 0 saturated heterocycles. The molecule has 0 aliphatic carbocycles. The van der Waals surface area contributed by atoms with Gasteiger partial charge < -0.3 is 5.32 Å². The lowest BCUT2D eigenvalue weighted by molar-refractivity contribution is -0.115. The summed E-state index contributed by atoms with van der Waals surface area (Å²) in [4.78, 5) is 12.8. The number of nitrogens with one attached hydrogen (secondary N) is 2. The zero-order valence-corrected chi connectivity index (χ0v) is 13.5. The normalized spacial score (nSPS) is 10.6. The first-order valence-corrected chi connectivity index (χ1v) is 7.74. The molecule has 0 aliphatic rings. The van der Waals surface area contributed by atoms with Gasteiger partial charge in [0, 0.05) is 16.6 Å². The number of hydrogen-bond acceptors (Lipinski definition) is 3. The van der Waals surface area contributed by atoms with Crippen LogP contribution in [0.3, 0.4) is 0 Å². The maximum atomic E-state index is 11.7. The van der Waals surface area contributed by atoms with Crippen molar-refractivity contribution in [1.29, 1.82) is 0 Å². The van der Waals surface area contributed by atoms with E-state index in [1.165, 1.54) is 17.2 Å². The average Bonchev–Trinajstić information content (AvgIpc) is 2.94. The van der Waals surface area contributed by atoms with E-state index in [2.05, 4.69) is 17.6 Å². The second-order valence-corrected chi connectivity index (χ2v) is 5.98. The number of thiophene rings is 1. The number of benzene rings is 1. The van der Waals surface area contributed by atoms with Gasteiger partial charge in [-0.2, -0.15) is 0 Å². The summed E-state index contributed by atoms with van der Waals surface area (Å²) < 4.78 is 0. The highest BCUT2D eigenvalue weighted by molar-refractivity contribution is 7.80. The highest BCUT2D eigenvalue weighted by atomic mass is 32.1. The second kappa shape index (κ2) is 7.15. The van der Waals surface area contributed by atoms with Gasteiger partial charge in [0.2, 0.25) is 5.91 Å². The van der Waals surface area contributed by atoms with Crippen molar-refractivity contribution in [2.75, 3.05) is 5.32 Å². The maximum absolute atomic E-state index is 11.7. The van der Waals surface area contributed by atoms with Gasteiger partial charge >= 0.3 is 0 Å². The molecule has 0 radical (unpaired) electrons. The Bertz CT molecular complexity index is 676. The molecular formula is C16H16N2OS2. The molecule has 0 saturated carbocycles. The molecule has 5 heteroatoms. The van der Waals surface area contributed by atoms with Crippen molar-refractivity contribution in [2.24, 2.45) is 0 Å². The van der Waals surface area contributed by atoms with E-state index in [1.54, 1.807) is 17.4 Å². The zero-order chi connectivity index (χ0) is 15.2. The highest BCUT2D eigenvalue weighted by Crippen LogP contribution is 2.14. The minimum Gasteiger partial charge on any atom is -0.332 e. The van der Waals surface area contributed by atoms with Crippen LogP contribution in [0.4, 0.5) is 5.69 Å². The first-order chi connectivity index (χ1) is 10.0. The summed E-state index contributed by atoms with van der Waals surface area (Å²) >= 11 is 6.70. The molecular weight excluding hydrogens is 300 g/mol. The Hall–Kier alpha value is -1.98. The number of thiocarbonyl (C=S) groups is 1. The predicted octanol–water partition coefficient (Wildman–Crippen LogP) is 3.89. The van der Waals surface area contributed by atoms with Crippen LogP contribution in [0.15, 0.2) is 41.8 Å². The highest BCUT2D eigenvalue weighted by Gasteiger charge is 2.02. The molecule has 0 spiro atoms. The summed E-state index contributed by atoms with van der Waals surface area (Å²) in [6, 6.07) is 9.82. The topological polar surface area (TPSA) is 41.1 Å². The Kier molecular flexibility index (Phi) is 5.25. The predicted molar refractivity (Wildman–Crippen MR) is 93.6 cm³/mol. The number of carbonyl (C=O) groups excluding carboxylic acids is 1. The van der Waals surface area contributed by atoms with Crippen LogP contribution in [0.25, 0.3) is 6.08 Å². The summed E-state index contributed by atoms with van der Waals surface area (Å²) in [5.41, 5.74) is 3.26. The lowest BCUT2D eigenvalue weighted by Crippen LogP contribution is -2.32. The fourth-order valence-corrected chi connectivity index (χ4v) is 2.52. The number of amides is 1. The average molecular weight is 316 g/mol. The van der Waals surface area contributed by atoms with Crippen molar-refractivity contribution < 1.29 is 4.79 Å². The molecule has 2 rings (SSSR count). The smallest absolute Gasteiger partial charge is 0.250 e. The van der Waals surface area contributed by atoms with Crippen LogP contribution in [-0.4, -0.2) is 11.0 Å². The first kappa shape index (κ1) is 15.4. The monoisotopic (exact) mass is 316 g/mol. The number of hydrogen-bond donors (Lipinski definition) is 2. The van der Waals surface area contributed by atoms with Crippen LogP contribution < -0.4 is 10.6 Å². The third kappa shape index (κ3) is 4.81. The van der Waals surface area contributed by atoms with E-state index in [0.29, 0.717) is 5.11 Å². The number of aryl methyl sites for hydroxylation is 2. The van der Waals surface area contributed by atoms with Gasteiger partial charge in [0.1, 0.15) is 0 Å². The SMILES string of the molecule is Cc1ccc(NC(=S)NC(=O)/C=C/c2cccs2)cc1C. The van der Waals surface area contributed by atoms with Gasteiger partial charge in [0.05, 0.1) is 0 Å². The first-order valence-electron chi connectivity index (χ1n) is 6.45. The Balaban J connectivity index is 1.89. The number of anilines is 1. The molecule has 1 amide bonds. The molecule has 1 aromatic heterocycles. The molecule has 2 aromatic rings. The van der Waals surface area contributed by atoms with E-state index in [0.717, 1.165) is 10.6 Å². The Morgan fingerprint density at radius 1 is 1.24 bits per heavy atom.